The summed E-state index contributed by atoms with van der Waals surface area (Å²) in [5.41, 5.74) is 27.4. The summed E-state index contributed by atoms with van der Waals surface area (Å²) in [6, 6.07) is 51.4. The molecule has 8 rings (SSSR count). The minimum atomic E-state index is -0.503. The number of benzene rings is 6. The van der Waals surface area contributed by atoms with Gasteiger partial charge in [-0.25, -0.2) is 0 Å². The van der Waals surface area contributed by atoms with E-state index in [1.54, 1.807) is 0 Å². The third kappa shape index (κ3) is 10.7. The number of nitrogen functional groups attached to an aromatic ring is 1. The van der Waals surface area contributed by atoms with E-state index in [1.165, 1.54) is 55.6 Å². The Morgan fingerprint density at radius 2 is 1.40 bits per heavy atom. The molecule has 0 fully saturated rings. The molecule has 4 N–H and O–H groups in total. The number of aryl methyl sites for hydroxylation is 1. The number of hydrogen-bond donors (Lipinski definition) is 2. The van der Waals surface area contributed by atoms with Gasteiger partial charge >= 0.3 is 0 Å². The summed E-state index contributed by atoms with van der Waals surface area (Å²) < 4.78 is 0. The van der Waals surface area contributed by atoms with Gasteiger partial charge in [-0.15, -0.1) is 0 Å². The fourth-order valence-electron chi connectivity index (χ4n) is 8.25. The summed E-state index contributed by atoms with van der Waals surface area (Å²) in [4.78, 5) is 4.96. The van der Waals surface area contributed by atoms with Crippen LogP contribution in [0.1, 0.15) is 85.0 Å². The van der Waals surface area contributed by atoms with E-state index in [0.29, 0.717) is 5.92 Å². The third-order valence-corrected chi connectivity index (χ3v) is 11.3. The molecule has 6 aromatic carbocycles. The Balaban J connectivity index is 0.000000221. The maximum atomic E-state index is 6.38. The van der Waals surface area contributed by atoms with Crippen LogP contribution in [-0.4, -0.2) is 6.21 Å². The first-order chi connectivity index (χ1) is 30.5. The molecule has 0 aliphatic heterocycles. The lowest BCUT2D eigenvalue weighted by Crippen LogP contribution is -2.29. The van der Waals surface area contributed by atoms with Crippen molar-refractivity contribution in [3.63, 3.8) is 0 Å². The minimum Gasteiger partial charge on any atom is -0.402 e. The maximum absolute atomic E-state index is 6.38. The fourth-order valence-corrected chi connectivity index (χ4v) is 8.25. The molecule has 0 spiro atoms. The average Bonchev–Trinajstić information content (AvgIpc) is 3.60. The van der Waals surface area contributed by atoms with Crippen molar-refractivity contribution >= 4 is 29.7 Å². The first kappa shape index (κ1) is 44.6. The lowest BCUT2D eigenvalue weighted by atomic mass is 9.66. The van der Waals surface area contributed by atoms with E-state index < -0.39 is 5.41 Å². The maximum Gasteiger partial charge on any atom is 0.0734 e. The molecular weight excluding hydrogens is 751 g/mol. The van der Waals surface area contributed by atoms with Crippen LogP contribution < -0.4 is 11.5 Å². The molecule has 2 aliphatic rings. The van der Waals surface area contributed by atoms with Gasteiger partial charge in [-0.3, -0.25) is 4.99 Å². The molecule has 6 aromatic rings. The SMILES string of the molecule is C/C=C\C=C/C=Nc1ccccc1C1(c2ccccc2)c2ccc(N)cc2-c2cc3c(cc21)CCC=C3.CC.CC(C/C=C\C=C\c1ccccc1)/C(N)=C/Cc1ccccc1. The molecule has 0 bridgehead atoms. The summed E-state index contributed by atoms with van der Waals surface area (Å²) in [7, 11) is 0. The number of allylic oxidation sites excluding steroid dienone is 10. The molecule has 0 radical (unpaired) electrons. The van der Waals surface area contributed by atoms with E-state index in [9.17, 15) is 0 Å². The summed E-state index contributed by atoms with van der Waals surface area (Å²) in [5.74, 6) is 0.361. The molecule has 0 saturated heterocycles. The molecule has 0 amide bonds. The van der Waals surface area contributed by atoms with Crippen molar-refractivity contribution < 1.29 is 0 Å². The number of aliphatic imine (C=N–C) groups is 1. The van der Waals surface area contributed by atoms with Gasteiger partial charge in [0.05, 0.1) is 11.1 Å². The molecule has 2 unspecified atom stereocenters. The van der Waals surface area contributed by atoms with E-state index in [0.717, 1.165) is 42.8 Å². The van der Waals surface area contributed by atoms with Gasteiger partial charge in [-0.2, -0.15) is 0 Å². The van der Waals surface area contributed by atoms with Crippen molar-refractivity contribution in [3.8, 4) is 11.1 Å². The van der Waals surface area contributed by atoms with Crippen molar-refractivity contribution in [2.75, 3.05) is 5.73 Å². The van der Waals surface area contributed by atoms with Gasteiger partial charge in [-0.05, 0) is 125 Å². The molecule has 312 valence electrons. The normalized spacial score (nSPS) is 15.9. The monoisotopic (exact) mass is 811 g/mol. The Bertz CT molecular complexity index is 2570. The van der Waals surface area contributed by atoms with Crippen LogP contribution in [0.4, 0.5) is 11.4 Å². The number of rotatable bonds is 12. The second-order valence-corrected chi connectivity index (χ2v) is 15.4. The van der Waals surface area contributed by atoms with Crippen molar-refractivity contribution in [1.29, 1.82) is 0 Å². The van der Waals surface area contributed by atoms with Gasteiger partial charge in [0.1, 0.15) is 0 Å². The second kappa shape index (κ2) is 22.6. The van der Waals surface area contributed by atoms with Crippen LogP contribution >= 0.6 is 0 Å². The van der Waals surface area contributed by atoms with E-state index >= 15 is 0 Å². The Morgan fingerprint density at radius 1 is 0.710 bits per heavy atom. The van der Waals surface area contributed by atoms with Gasteiger partial charge in [-0.1, -0.05) is 203 Å². The Kier molecular flexibility index (Phi) is 16.2. The minimum absolute atomic E-state index is 0.361. The van der Waals surface area contributed by atoms with Crippen LogP contribution in [0.25, 0.3) is 23.3 Å². The van der Waals surface area contributed by atoms with Crippen LogP contribution in [0.5, 0.6) is 0 Å². The molecule has 62 heavy (non-hydrogen) atoms. The molecule has 2 aliphatic carbocycles. The van der Waals surface area contributed by atoms with E-state index in [2.05, 4.69) is 165 Å². The van der Waals surface area contributed by atoms with Gasteiger partial charge in [0.2, 0.25) is 0 Å². The Labute approximate surface area is 371 Å². The van der Waals surface area contributed by atoms with Crippen LogP contribution in [0.15, 0.2) is 211 Å². The van der Waals surface area contributed by atoms with Crippen molar-refractivity contribution in [3.05, 3.63) is 250 Å². The van der Waals surface area contributed by atoms with Gasteiger partial charge < -0.3 is 11.5 Å². The lowest BCUT2D eigenvalue weighted by molar-refractivity contribution is 0.682. The smallest absolute Gasteiger partial charge is 0.0734 e. The largest absolute Gasteiger partial charge is 0.402 e. The summed E-state index contributed by atoms with van der Waals surface area (Å²) in [6.07, 6.45) is 29.0. The Morgan fingerprint density at radius 3 is 2.16 bits per heavy atom. The predicted octanol–water partition coefficient (Wildman–Crippen LogP) is 14.8. The van der Waals surface area contributed by atoms with Gasteiger partial charge in [0.25, 0.3) is 0 Å². The van der Waals surface area contributed by atoms with Crippen molar-refractivity contribution in [2.45, 2.75) is 58.8 Å². The number of fused-ring (bicyclic) bond motifs is 4. The quantitative estimate of drug-likeness (QED) is 0.0733. The van der Waals surface area contributed by atoms with E-state index in [-0.39, 0.29) is 0 Å². The topological polar surface area (TPSA) is 64.4 Å². The van der Waals surface area contributed by atoms with Crippen LogP contribution in [-0.2, 0) is 18.3 Å². The highest BCUT2D eigenvalue weighted by molar-refractivity contribution is 5.91. The first-order valence-electron chi connectivity index (χ1n) is 22.1. The zero-order chi connectivity index (χ0) is 43.6. The number of hydrogen-bond acceptors (Lipinski definition) is 3. The van der Waals surface area contributed by atoms with Gasteiger partial charge in [0.15, 0.2) is 0 Å². The summed E-state index contributed by atoms with van der Waals surface area (Å²) in [6.45, 7) is 8.18. The number of nitrogens with zero attached hydrogens (tertiary/aromatic N) is 1. The van der Waals surface area contributed by atoms with Crippen LogP contribution in [0.3, 0.4) is 0 Å². The van der Waals surface area contributed by atoms with E-state index in [4.69, 9.17) is 16.5 Å². The highest BCUT2D eigenvalue weighted by Gasteiger charge is 2.47. The molecule has 3 nitrogen and oxygen atoms in total. The summed E-state index contributed by atoms with van der Waals surface area (Å²) >= 11 is 0. The predicted molar refractivity (Wildman–Crippen MR) is 270 cm³/mol. The van der Waals surface area contributed by atoms with Crippen LogP contribution in [0.2, 0.25) is 0 Å². The van der Waals surface area contributed by atoms with Crippen molar-refractivity contribution in [2.24, 2.45) is 16.6 Å². The average molecular weight is 812 g/mol. The Hall–Kier alpha value is -6.97. The van der Waals surface area contributed by atoms with E-state index in [1.807, 2.05) is 81.6 Å². The molecule has 2 atom stereocenters. The number of para-hydroxylation sites is 1. The number of anilines is 1. The second-order valence-electron chi connectivity index (χ2n) is 15.4. The molecular formula is C59H61N3. The number of nitrogens with two attached hydrogens (primary N) is 2. The van der Waals surface area contributed by atoms with Crippen molar-refractivity contribution in [1.82, 2.24) is 0 Å². The molecule has 0 saturated carbocycles. The fraction of sp³-hybridized carbons (Fsp3) is 0.169. The zero-order valence-corrected chi connectivity index (χ0v) is 36.8. The summed E-state index contributed by atoms with van der Waals surface area (Å²) in [5, 5.41) is 0. The third-order valence-electron chi connectivity index (χ3n) is 11.3. The molecule has 3 heteroatoms. The van der Waals surface area contributed by atoms with Crippen LogP contribution in [0, 0.1) is 5.92 Å². The first-order valence-corrected chi connectivity index (χ1v) is 22.1. The standard InChI is InChI=1S/C35H30N2.C22H25N.C2H6/c1-2-3-4-12-21-37-34-18-11-10-17-32(34)35(27-15-6-5-7-16-27)31-20-19-28(36)24-30(31)29-22-25-13-8-9-14-26(25)23-33(29)35;1-19(22(23)18-17-21-15-9-4-10-16-21)11-5-2-6-12-20-13-7-3-8-14-20;1-2/h2-8,10-13,15-24H,9,14,36H2,1H3;2-10,12-16,18-19H,11,17,23H2,1H3;1-2H3/b3-2-,12-4-,37-21?;5-2-,12-6+,22-18-;. The highest BCUT2D eigenvalue weighted by atomic mass is 14.7. The van der Waals surface area contributed by atoms with Gasteiger partial charge in [0, 0.05) is 17.6 Å². The highest BCUT2D eigenvalue weighted by Crippen LogP contribution is 2.58. The molecule has 0 aromatic heterocycles. The zero-order valence-electron chi connectivity index (χ0n) is 36.8. The molecule has 0 heterocycles. The lowest BCUT2D eigenvalue weighted by Gasteiger charge is -2.35.